The van der Waals surface area contributed by atoms with Crippen LogP contribution >= 0.6 is 0 Å². The highest BCUT2D eigenvalue weighted by Crippen LogP contribution is 2.54. The van der Waals surface area contributed by atoms with Gasteiger partial charge in [-0.2, -0.15) is 0 Å². The Balaban J connectivity index is 1.80. The summed E-state index contributed by atoms with van der Waals surface area (Å²) in [6, 6.07) is 0. The standard InChI is InChI=1S/C13H21N3/c1-3-9-10-5-7-12-13(8-6-11(9)10)16(4-2)15-14-12/h9-11H,3-8H2,1-2H3/t9-,10+,11-/m0/s1. The van der Waals surface area contributed by atoms with Gasteiger partial charge in [0.15, 0.2) is 0 Å². The Morgan fingerprint density at radius 3 is 2.62 bits per heavy atom. The Morgan fingerprint density at radius 1 is 1.19 bits per heavy atom. The molecule has 0 radical (unpaired) electrons. The predicted octanol–water partition coefficient (Wildman–Crippen LogP) is 2.45. The summed E-state index contributed by atoms with van der Waals surface area (Å²) in [6.07, 6.45) is 6.45. The molecule has 1 heterocycles. The van der Waals surface area contributed by atoms with Crippen LogP contribution in [0.2, 0.25) is 0 Å². The highest BCUT2D eigenvalue weighted by molar-refractivity contribution is 5.15. The van der Waals surface area contributed by atoms with E-state index >= 15 is 0 Å². The van der Waals surface area contributed by atoms with Gasteiger partial charge in [0.1, 0.15) is 0 Å². The van der Waals surface area contributed by atoms with Crippen molar-refractivity contribution in [2.24, 2.45) is 17.8 Å². The lowest BCUT2D eigenvalue weighted by atomic mass is 10.0. The molecule has 2 aliphatic carbocycles. The highest BCUT2D eigenvalue weighted by atomic mass is 15.4. The second-order valence-corrected chi connectivity index (χ2v) is 5.28. The van der Waals surface area contributed by atoms with Crippen molar-refractivity contribution in [1.29, 1.82) is 0 Å². The molecule has 1 aromatic heterocycles. The van der Waals surface area contributed by atoms with Gasteiger partial charge >= 0.3 is 0 Å². The van der Waals surface area contributed by atoms with Crippen molar-refractivity contribution in [3.63, 3.8) is 0 Å². The first-order chi connectivity index (χ1) is 7.85. The summed E-state index contributed by atoms with van der Waals surface area (Å²) in [5.41, 5.74) is 2.70. The Bertz CT molecular complexity index is 383. The van der Waals surface area contributed by atoms with Gasteiger partial charge in [-0.1, -0.05) is 18.6 Å². The van der Waals surface area contributed by atoms with Crippen molar-refractivity contribution in [3.8, 4) is 0 Å². The fourth-order valence-electron chi connectivity index (χ4n) is 3.68. The minimum absolute atomic E-state index is 0.966. The predicted molar refractivity (Wildman–Crippen MR) is 63.1 cm³/mol. The van der Waals surface area contributed by atoms with Gasteiger partial charge < -0.3 is 0 Å². The second-order valence-electron chi connectivity index (χ2n) is 5.28. The zero-order valence-corrected chi connectivity index (χ0v) is 10.3. The van der Waals surface area contributed by atoms with Gasteiger partial charge in [0.05, 0.1) is 11.4 Å². The van der Waals surface area contributed by atoms with Gasteiger partial charge in [-0.25, -0.2) is 4.68 Å². The van der Waals surface area contributed by atoms with Crippen LogP contribution in [0.1, 0.15) is 44.5 Å². The van der Waals surface area contributed by atoms with Crippen molar-refractivity contribution in [1.82, 2.24) is 15.0 Å². The first-order valence-corrected chi connectivity index (χ1v) is 6.76. The molecule has 0 aromatic carbocycles. The molecular weight excluding hydrogens is 198 g/mol. The van der Waals surface area contributed by atoms with E-state index in [9.17, 15) is 0 Å². The van der Waals surface area contributed by atoms with E-state index in [-0.39, 0.29) is 0 Å². The molecule has 88 valence electrons. The molecule has 2 aliphatic rings. The van der Waals surface area contributed by atoms with E-state index in [2.05, 4.69) is 28.8 Å². The number of fused-ring (bicyclic) bond motifs is 2. The summed E-state index contributed by atoms with van der Waals surface area (Å²) < 4.78 is 2.10. The molecule has 0 spiro atoms. The number of hydrogen-bond donors (Lipinski definition) is 0. The lowest BCUT2D eigenvalue weighted by Crippen LogP contribution is -2.07. The average Bonchev–Trinajstić information content (AvgIpc) is 2.80. The average molecular weight is 219 g/mol. The molecule has 0 saturated heterocycles. The van der Waals surface area contributed by atoms with Gasteiger partial charge in [-0.3, -0.25) is 0 Å². The molecule has 0 amide bonds. The number of nitrogens with zero attached hydrogens (tertiary/aromatic N) is 3. The van der Waals surface area contributed by atoms with Crippen molar-refractivity contribution >= 4 is 0 Å². The molecule has 3 nitrogen and oxygen atoms in total. The van der Waals surface area contributed by atoms with Crippen LogP contribution in [-0.4, -0.2) is 15.0 Å². The van der Waals surface area contributed by atoms with Gasteiger partial charge in [0, 0.05) is 6.54 Å². The maximum Gasteiger partial charge on any atom is 0.0859 e. The van der Waals surface area contributed by atoms with Crippen LogP contribution in [-0.2, 0) is 19.4 Å². The summed E-state index contributed by atoms with van der Waals surface area (Å²) >= 11 is 0. The topological polar surface area (TPSA) is 30.7 Å². The Kier molecular flexibility index (Phi) is 2.49. The first-order valence-electron chi connectivity index (χ1n) is 6.76. The van der Waals surface area contributed by atoms with Gasteiger partial charge in [-0.15, -0.1) is 5.10 Å². The van der Waals surface area contributed by atoms with Gasteiger partial charge in [0.25, 0.3) is 0 Å². The molecular formula is C13H21N3. The summed E-state index contributed by atoms with van der Waals surface area (Å²) in [6.45, 7) is 5.46. The summed E-state index contributed by atoms with van der Waals surface area (Å²) in [4.78, 5) is 0. The van der Waals surface area contributed by atoms with Crippen LogP contribution in [0.4, 0.5) is 0 Å². The molecule has 0 N–H and O–H groups in total. The Labute approximate surface area is 97.2 Å². The van der Waals surface area contributed by atoms with Crippen LogP contribution in [0.25, 0.3) is 0 Å². The monoisotopic (exact) mass is 219 g/mol. The van der Waals surface area contributed by atoms with Crippen LogP contribution in [0.3, 0.4) is 0 Å². The molecule has 16 heavy (non-hydrogen) atoms. The number of aromatic nitrogens is 3. The van der Waals surface area contributed by atoms with E-state index in [0.717, 1.165) is 30.7 Å². The maximum atomic E-state index is 4.35. The minimum Gasteiger partial charge on any atom is -0.249 e. The number of aryl methyl sites for hydroxylation is 2. The second kappa shape index (κ2) is 3.86. The van der Waals surface area contributed by atoms with E-state index in [0.29, 0.717) is 0 Å². The van der Waals surface area contributed by atoms with E-state index in [1.807, 2.05) is 0 Å². The molecule has 1 fully saturated rings. The molecule has 0 unspecified atom stereocenters. The van der Waals surface area contributed by atoms with Gasteiger partial charge in [0.2, 0.25) is 0 Å². The van der Waals surface area contributed by atoms with Crippen molar-refractivity contribution in [2.45, 2.75) is 52.5 Å². The maximum absolute atomic E-state index is 4.35. The molecule has 1 saturated carbocycles. The lowest BCUT2D eigenvalue weighted by Gasteiger charge is -2.09. The third-order valence-electron chi connectivity index (χ3n) is 4.63. The van der Waals surface area contributed by atoms with Crippen LogP contribution in [0, 0.1) is 17.8 Å². The van der Waals surface area contributed by atoms with Crippen molar-refractivity contribution in [3.05, 3.63) is 11.4 Å². The summed E-state index contributed by atoms with van der Waals surface area (Å²) in [5, 5.41) is 8.59. The fourth-order valence-corrected chi connectivity index (χ4v) is 3.68. The minimum atomic E-state index is 0.966. The molecule has 3 rings (SSSR count). The zero-order valence-electron chi connectivity index (χ0n) is 10.3. The SMILES string of the molecule is CC[C@H]1[C@H]2CCc3nnn(CC)c3CC[C@@H]12. The number of rotatable bonds is 2. The van der Waals surface area contributed by atoms with Crippen molar-refractivity contribution in [2.75, 3.05) is 0 Å². The zero-order chi connectivity index (χ0) is 11.1. The fraction of sp³-hybridized carbons (Fsp3) is 0.846. The number of hydrogen-bond acceptors (Lipinski definition) is 2. The van der Waals surface area contributed by atoms with Crippen LogP contribution in [0.5, 0.6) is 0 Å². The quantitative estimate of drug-likeness (QED) is 0.765. The molecule has 3 heteroatoms. The Hall–Kier alpha value is -0.860. The van der Waals surface area contributed by atoms with Gasteiger partial charge in [-0.05, 0) is 50.4 Å². The van der Waals surface area contributed by atoms with E-state index in [4.69, 9.17) is 0 Å². The molecule has 1 aromatic rings. The first kappa shape index (κ1) is 10.3. The third kappa shape index (κ3) is 1.48. The summed E-state index contributed by atoms with van der Waals surface area (Å²) in [7, 11) is 0. The van der Waals surface area contributed by atoms with Crippen molar-refractivity contribution < 1.29 is 0 Å². The van der Waals surface area contributed by atoms with Crippen LogP contribution in [0.15, 0.2) is 0 Å². The van der Waals surface area contributed by atoms with E-state index in [1.165, 1.54) is 37.1 Å². The summed E-state index contributed by atoms with van der Waals surface area (Å²) in [5.74, 6) is 3.04. The normalized spacial score (nSPS) is 32.5. The van der Waals surface area contributed by atoms with E-state index in [1.54, 1.807) is 0 Å². The van der Waals surface area contributed by atoms with E-state index < -0.39 is 0 Å². The smallest absolute Gasteiger partial charge is 0.0859 e. The molecule has 0 aliphatic heterocycles. The Morgan fingerprint density at radius 2 is 1.94 bits per heavy atom. The largest absolute Gasteiger partial charge is 0.249 e. The highest BCUT2D eigenvalue weighted by Gasteiger charge is 2.48. The lowest BCUT2D eigenvalue weighted by molar-refractivity contribution is 0.547. The third-order valence-corrected chi connectivity index (χ3v) is 4.63. The van der Waals surface area contributed by atoms with Crippen LogP contribution < -0.4 is 0 Å². The molecule has 3 atom stereocenters. The molecule has 0 bridgehead atoms.